The summed E-state index contributed by atoms with van der Waals surface area (Å²) in [4.78, 5) is 1.36. The zero-order chi connectivity index (χ0) is 11.3. The fourth-order valence-corrected chi connectivity index (χ4v) is 3.10. The van der Waals surface area contributed by atoms with Gasteiger partial charge in [-0.2, -0.15) is 0 Å². The van der Waals surface area contributed by atoms with Crippen LogP contribution in [0.1, 0.15) is 25.1 Å². The molecule has 15 heavy (non-hydrogen) atoms. The smallest absolute Gasteiger partial charge is 0.0302 e. The quantitative estimate of drug-likeness (QED) is 0.774. The Hall–Kier alpha value is 0.430. The normalized spacial score (nSPS) is 13.4. The van der Waals surface area contributed by atoms with E-state index in [0.717, 1.165) is 18.8 Å². The van der Waals surface area contributed by atoms with E-state index < -0.39 is 0 Å². The molecule has 0 saturated heterocycles. The summed E-state index contributed by atoms with van der Waals surface area (Å²) in [6.07, 6.45) is 1.03. The highest BCUT2D eigenvalue weighted by molar-refractivity contribution is 9.10. The van der Waals surface area contributed by atoms with Crippen LogP contribution in [0.15, 0.2) is 15.9 Å². The highest BCUT2D eigenvalue weighted by atomic mass is 79.9. The van der Waals surface area contributed by atoms with Gasteiger partial charge in [0.2, 0.25) is 0 Å². The molecule has 0 saturated carbocycles. The molecule has 1 unspecified atom stereocenters. The molecule has 0 aliphatic carbocycles. The highest BCUT2D eigenvalue weighted by Crippen LogP contribution is 2.20. The van der Waals surface area contributed by atoms with E-state index in [9.17, 15) is 0 Å². The topological polar surface area (TPSA) is 12.0 Å². The van der Waals surface area contributed by atoms with E-state index in [4.69, 9.17) is 11.6 Å². The lowest BCUT2D eigenvalue weighted by Crippen LogP contribution is -2.33. The Morgan fingerprint density at radius 3 is 2.73 bits per heavy atom. The first-order valence-electron chi connectivity index (χ1n) is 5.15. The average Bonchev–Trinajstić information content (AvgIpc) is 2.58. The van der Waals surface area contributed by atoms with E-state index >= 15 is 0 Å². The van der Waals surface area contributed by atoms with Gasteiger partial charge in [0.25, 0.3) is 0 Å². The second-order valence-corrected chi connectivity index (χ2v) is 6.23. The van der Waals surface area contributed by atoms with E-state index in [1.165, 1.54) is 9.35 Å². The lowest BCUT2D eigenvalue weighted by molar-refractivity contribution is 0.390. The van der Waals surface area contributed by atoms with Crippen LogP contribution < -0.4 is 5.32 Å². The highest BCUT2D eigenvalue weighted by Gasteiger charge is 2.12. The molecule has 1 aromatic heterocycles. The largest absolute Gasteiger partial charge is 0.309 e. The number of hydrogen-bond acceptors (Lipinski definition) is 2. The van der Waals surface area contributed by atoms with E-state index in [2.05, 4.69) is 46.5 Å². The van der Waals surface area contributed by atoms with Crippen molar-refractivity contribution in [3.8, 4) is 0 Å². The lowest BCUT2D eigenvalue weighted by Gasteiger charge is -2.21. The maximum Gasteiger partial charge on any atom is 0.0302 e. The summed E-state index contributed by atoms with van der Waals surface area (Å²) >= 11 is 11.0. The molecule has 1 nitrogen and oxygen atoms in total. The van der Waals surface area contributed by atoms with Crippen LogP contribution in [0.2, 0.25) is 0 Å². The lowest BCUT2D eigenvalue weighted by atomic mass is 10.0. The van der Waals surface area contributed by atoms with E-state index in [0.29, 0.717) is 12.0 Å². The van der Waals surface area contributed by atoms with E-state index in [1.807, 2.05) is 0 Å². The standard InChI is InChI=1S/C11H17BrClNS/c1-8(2)11(3-4-13)14-6-10-5-9(12)7-15-10/h5,7-8,11,14H,3-4,6H2,1-2H3. The van der Waals surface area contributed by atoms with Crippen LogP contribution in [-0.2, 0) is 6.54 Å². The summed E-state index contributed by atoms with van der Waals surface area (Å²) in [5, 5.41) is 5.67. The molecule has 0 aliphatic rings. The molecular formula is C11H17BrClNS. The zero-order valence-corrected chi connectivity index (χ0v) is 12.3. The third-order valence-corrected chi connectivity index (χ3v) is 4.30. The van der Waals surface area contributed by atoms with Crippen molar-refractivity contribution < 1.29 is 0 Å². The minimum Gasteiger partial charge on any atom is -0.309 e. The first kappa shape index (κ1) is 13.5. The van der Waals surface area contributed by atoms with Crippen LogP contribution in [0, 0.1) is 5.92 Å². The molecule has 1 heterocycles. The molecule has 1 rings (SSSR count). The van der Waals surface area contributed by atoms with Crippen molar-refractivity contribution >= 4 is 38.9 Å². The third kappa shape index (κ3) is 4.85. The summed E-state index contributed by atoms with van der Waals surface area (Å²) in [7, 11) is 0. The van der Waals surface area contributed by atoms with Gasteiger partial charge in [-0.05, 0) is 34.3 Å². The van der Waals surface area contributed by atoms with Crippen molar-refractivity contribution in [1.29, 1.82) is 0 Å². The van der Waals surface area contributed by atoms with Crippen molar-refractivity contribution in [3.05, 3.63) is 20.8 Å². The third-order valence-electron chi connectivity index (χ3n) is 2.39. The van der Waals surface area contributed by atoms with Gasteiger partial charge in [0.1, 0.15) is 0 Å². The summed E-state index contributed by atoms with van der Waals surface area (Å²) in [5.74, 6) is 1.36. The maximum absolute atomic E-state index is 5.78. The summed E-state index contributed by atoms with van der Waals surface area (Å²) in [6.45, 7) is 5.40. The van der Waals surface area contributed by atoms with Crippen LogP contribution >= 0.6 is 38.9 Å². The average molecular weight is 311 g/mol. The van der Waals surface area contributed by atoms with Crippen LogP contribution in [0.5, 0.6) is 0 Å². The molecule has 4 heteroatoms. The fourth-order valence-electron chi connectivity index (χ4n) is 1.47. The van der Waals surface area contributed by atoms with Gasteiger partial charge in [-0.15, -0.1) is 22.9 Å². The van der Waals surface area contributed by atoms with Crippen LogP contribution in [0.4, 0.5) is 0 Å². The SMILES string of the molecule is CC(C)C(CCCl)NCc1cc(Br)cs1. The van der Waals surface area contributed by atoms with Gasteiger partial charge >= 0.3 is 0 Å². The summed E-state index contributed by atoms with van der Waals surface area (Å²) < 4.78 is 1.17. The van der Waals surface area contributed by atoms with Crippen LogP contribution in [0.25, 0.3) is 0 Å². The zero-order valence-electron chi connectivity index (χ0n) is 9.09. The van der Waals surface area contributed by atoms with Gasteiger partial charge in [-0.25, -0.2) is 0 Å². The van der Waals surface area contributed by atoms with Crippen molar-refractivity contribution in [2.45, 2.75) is 32.9 Å². The number of hydrogen-bond donors (Lipinski definition) is 1. The minimum atomic E-state index is 0.517. The minimum absolute atomic E-state index is 0.517. The Morgan fingerprint density at radius 2 is 2.27 bits per heavy atom. The molecule has 0 spiro atoms. The van der Waals surface area contributed by atoms with Crippen LogP contribution in [-0.4, -0.2) is 11.9 Å². The van der Waals surface area contributed by atoms with Gasteiger partial charge in [-0.3, -0.25) is 0 Å². The molecule has 0 radical (unpaired) electrons. The molecule has 1 N–H and O–H groups in total. The Labute approximate surface area is 109 Å². The van der Waals surface area contributed by atoms with Gasteiger partial charge in [0.05, 0.1) is 0 Å². The Balaban J connectivity index is 2.39. The van der Waals surface area contributed by atoms with Crippen molar-refractivity contribution in [1.82, 2.24) is 5.32 Å². The first-order chi connectivity index (χ1) is 7.13. The van der Waals surface area contributed by atoms with E-state index in [1.54, 1.807) is 11.3 Å². The number of halogens is 2. The van der Waals surface area contributed by atoms with Crippen molar-refractivity contribution in [2.24, 2.45) is 5.92 Å². The number of nitrogens with one attached hydrogen (secondary N) is 1. The molecule has 0 bridgehead atoms. The molecule has 86 valence electrons. The number of thiophene rings is 1. The number of alkyl halides is 1. The second kappa shape index (κ2) is 6.89. The maximum atomic E-state index is 5.78. The molecular weight excluding hydrogens is 294 g/mol. The van der Waals surface area contributed by atoms with Crippen molar-refractivity contribution in [3.63, 3.8) is 0 Å². The fraction of sp³-hybridized carbons (Fsp3) is 0.636. The Kier molecular flexibility index (Phi) is 6.20. The molecule has 0 aliphatic heterocycles. The molecule has 0 aromatic carbocycles. The molecule has 0 fully saturated rings. The summed E-state index contributed by atoms with van der Waals surface area (Å²) in [6, 6.07) is 2.68. The van der Waals surface area contributed by atoms with Crippen molar-refractivity contribution in [2.75, 3.05) is 5.88 Å². The molecule has 1 aromatic rings. The van der Waals surface area contributed by atoms with Gasteiger partial charge < -0.3 is 5.32 Å². The monoisotopic (exact) mass is 309 g/mol. The van der Waals surface area contributed by atoms with Gasteiger partial charge in [-0.1, -0.05) is 13.8 Å². The van der Waals surface area contributed by atoms with Gasteiger partial charge in [0.15, 0.2) is 0 Å². The molecule has 0 amide bonds. The Bertz CT molecular complexity index is 288. The van der Waals surface area contributed by atoms with Crippen LogP contribution in [0.3, 0.4) is 0 Å². The Morgan fingerprint density at radius 1 is 1.53 bits per heavy atom. The first-order valence-corrected chi connectivity index (χ1v) is 7.36. The molecule has 1 atom stereocenters. The van der Waals surface area contributed by atoms with Gasteiger partial charge in [0, 0.05) is 33.2 Å². The summed E-state index contributed by atoms with van der Waals surface area (Å²) in [5.41, 5.74) is 0. The second-order valence-electron chi connectivity index (χ2n) is 3.94. The predicted molar refractivity (Wildman–Crippen MR) is 72.8 cm³/mol. The number of rotatable bonds is 6. The predicted octanol–water partition coefficient (Wildman–Crippen LogP) is 4.25. The van der Waals surface area contributed by atoms with E-state index in [-0.39, 0.29) is 0 Å².